The number of thiazole rings is 1. The molecule has 2 amide bonds. The topological polar surface area (TPSA) is 48.5 Å². The summed E-state index contributed by atoms with van der Waals surface area (Å²) in [6.07, 6.45) is 0. The Kier molecular flexibility index (Phi) is 6.69. The van der Waals surface area contributed by atoms with E-state index in [1.807, 2.05) is 31.3 Å². The standard InChI is InChI=1S/C17H23FN4OS/c1-13-12-24-16(20-13)10-19-17(23)22(9-8-21(2)3)11-14-6-4-5-7-15(14)18/h4-7,12H,8-11H2,1-3H3,(H,19,23). The van der Waals surface area contributed by atoms with Crippen LogP contribution >= 0.6 is 11.3 Å². The van der Waals surface area contributed by atoms with E-state index in [-0.39, 0.29) is 18.4 Å². The lowest BCUT2D eigenvalue weighted by molar-refractivity contribution is 0.187. The average molecular weight is 350 g/mol. The van der Waals surface area contributed by atoms with Crippen LogP contribution in [0.1, 0.15) is 16.3 Å². The maximum absolute atomic E-state index is 13.9. The molecule has 7 heteroatoms. The van der Waals surface area contributed by atoms with Gasteiger partial charge in [0.05, 0.1) is 13.1 Å². The molecule has 1 heterocycles. The van der Waals surface area contributed by atoms with Crippen LogP contribution in [0.25, 0.3) is 0 Å². The van der Waals surface area contributed by atoms with Gasteiger partial charge in [-0.15, -0.1) is 11.3 Å². The number of rotatable bonds is 7. The molecule has 1 N–H and O–H groups in total. The number of benzene rings is 1. The largest absolute Gasteiger partial charge is 0.331 e. The van der Waals surface area contributed by atoms with Gasteiger partial charge in [-0.3, -0.25) is 0 Å². The number of carbonyl (C=O) groups is 1. The molecular formula is C17H23FN4OS. The molecule has 1 aromatic carbocycles. The maximum Gasteiger partial charge on any atom is 0.318 e. The number of hydrogen-bond acceptors (Lipinski definition) is 4. The summed E-state index contributed by atoms with van der Waals surface area (Å²) in [5.41, 5.74) is 1.46. The van der Waals surface area contributed by atoms with Gasteiger partial charge in [-0.1, -0.05) is 18.2 Å². The van der Waals surface area contributed by atoms with Crippen molar-refractivity contribution in [3.63, 3.8) is 0 Å². The lowest BCUT2D eigenvalue weighted by Gasteiger charge is -2.25. The molecule has 0 saturated heterocycles. The fraction of sp³-hybridized carbons (Fsp3) is 0.412. The fourth-order valence-corrected chi connectivity index (χ4v) is 2.86. The Labute approximate surface area is 146 Å². The Hall–Kier alpha value is -1.99. The molecule has 0 saturated carbocycles. The third-order valence-corrected chi connectivity index (χ3v) is 4.45. The van der Waals surface area contributed by atoms with Crippen molar-refractivity contribution in [2.24, 2.45) is 0 Å². The quantitative estimate of drug-likeness (QED) is 0.835. The number of carbonyl (C=O) groups excluding carboxylic acids is 1. The van der Waals surface area contributed by atoms with Crippen molar-refractivity contribution in [3.05, 3.63) is 51.7 Å². The molecular weight excluding hydrogens is 327 g/mol. The van der Waals surface area contributed by atoms with Crippen molar-refractivity contribution < 1.29 is 9.18 Å². The fourth-order valence-electron chi connectivity index (χ4n) is 2.15. The van der Waals surface area contributed by atoms with Crippen LogP contribution in [0.2, 0.25) is 0 Å². The molecule has 0 radical (unpaired) electrons. The summed E-state index contributed by atoms with van der Waals surface area (Å²) >= 11 is 1.52. The SMILES string of the molecule is Cc1csc(CNC(=O)N(CCN(C)C)Cc2ccccc2F)n1. The molecule has 5 nitrogen and oxygen atoms in total. The number of halogens is 1. The van der Waals surface area contributed by atoms with Gasteiger partial charge in [0.25, 0.3) is 0 Å². The van der Waals surface area contributed by atoms with Gasteiger partial charge in [0.2, 0.25) is 0 Å². The van der Waals surface area contributed by atoms with E-state index in [2.05, 4.69) is 10.3 Å². The minimum atomic E-state index is -0.296. The van der Waals surface area contributed by atoms with Gasteiger partial charge in [-0.05, 0) is 27.1 Å². The number of hydrogen-bond donors (Lipinski definition) is 1. The molecule has 0 unspecified atom stereocenters. The first-order chi connectivity index (χ1) is 11.5. The molecule has 0 atom stereocenters. The smallest absolute Gasteiger partial charge is 0.318 e. The Morgan fingerprint density at radius 1 is 1.29 bits per heavy atom. The Bertz CT molecular complexity index is 674. The van der Waals surface area contributed by atoms with Gasteiger partial charge < -0.3 is 15.1 Å². The van der Waals surface area contributed by atoms with E-state index >= 15 is 0 Å². The summed E-state index contributed by atoms with van der Waals surface area (Å²) in [7, 11) is 3.88. The van der Waals surface area contributed by atoms with Crippen LogP contribution in [0.4, 0.5) is 9.18 Å². The highest BCUT2D eigenvalue weighted by atomic mass is 32.1. The van der Waals surface area contributed by atoms with E-state index < -0.39 is 0 Å². The van der Waals surface area contributed by atoms with Crippen LogP contribution in [0.15, 0.2) is 29.6 Å². The highest BCUT2D eigenvalue weighted by Crippen LogP contribution is 2.11. The van der Waals surface area contributed by atoms with Crippen molar-refractivity contribution in [1.29, 1.82) is 0 Å². The summed E-state index contributed by atoms with van der Waals surface area (Å²) in [6, 6.07) is 6.32. The monoisotopic (exact) mass is 350 g/mol. The minimum absolute atomic E-state index is 0.215. The number of aromatic nitrogens is 1. The van der Waals surface area contributed by atoms with Crippen LogP contribution in [0.3, 0.4) is 0 Å². The zero-order chi connectivity index (χ0) is 17.5. The second-order valence-corrected chi connectivity index (χ2v) is 6.80. The first kappa shape index (κ1) is 18.4. The van der Waals surface area contributed by atoms with Gasteiger partial charge in [0, 0.05) is 29.7 Å². The second-order valence-electron chi connectivity index (χ2n) is 5.86. The number of urea groups is 1. The van der Waals surface area contributed by atoms with E-state index in [0.29, 0.717) is 25.2 Å². The number of nitrogens with zero attached hydrogens (tertiary/aromatic N) is 3. The van der Waals surface area contributed by atoms with Crippen molar-refractivity contribution in [2.45, 2.75) is 20.0 Å². The normalized spacial score (nSPS) is 10.9. The Morgan fingerprint density at radius 3 is 2.67 bits per heavy atom. The van der Waals surface area contributed by atoms with Gasteiger partial charge in [0.15, 0.2) is 0 Å². The maximum atomic E-state index is 13.9. The van der Waals surface area contributed by atoms with Crippen LogP contribution < -0.4 is 5.32 Å². The van der Waals surface area contributed by atoms with E-state index in [1.54, 1.807) is 23.1 Å². The third kappa shape index (κ3) is 5.58. The third-order valence-electron chi connectivity index (χ3n) is 3.48. The molecule has 0 aliphatic heterocycles. The van der Waals surface area contributed by atoms with Crippen molar-refractivity contribution >= 4 is 17.4 Å². The number of nitrogens with one attached hydrogen (secondary N) is 1. The van der Waals surface area contributed by atoms with Gasteiger partial charge >= 0.3 is 6.03 Å². The summed E-state index contributed by atoms with van der Waals surface area (Å²) in [6.45, 7) is 3.77. The zero-order valence-corrected chi connectivity index (χ0v) is 15.1. The molecule has 0 spiro atoms. The number of amides is 2. The predicted octanol–water partition coefficient (Wildman–Crippen LogP) is 2.86. The highest BCUT2D eigenvalue weighted by Gasteiger charge is 2.16. The lowest BCUT2D eigenvalue weighted by atomic mass is 10.2. The van der Waals surface area contributed by atoms with Crippen molar-refractivity contribution in [2.75, 3.05) is 27.2 Å². The van der Waals surface area contributed by atoms with Crippen molar-refractivity contribution in [1.82, 2.24) is 20.1 Å². The molecule has 1 aromatic heterocycles. The second kappa shape index (κ2) is 8.75. The first-order valence-corrected chi connectivity index (χ1v) is 8.65. The van der Waals surface area contributed by atoms with Crippen LogP contribution in [-0.2, 0) is 13.1 Å². The summed E-state index contributed by atoms with van der Waals surface area (Å²) in [4.78, 5) is 20.4. The molecule has 0 aliphatic rings. The summed E-state index contributed by atoms with van der Waals surface area (Å²) < 4.78 is 13.9. The van der Waals surface area contributed by atoms with Crippen LogP contribution in [-0.4, -0.2) is 48.0 Å². The van der Waals surface area contributed by atoms with Gasteiger partial charge in [-0.25, -0.2) is 14.2 Å². The summed E-state index contributed by atoms with van der Waals surface area (Å²) in [5.74, 6) is -0.296. The van der Waals surface area contributed by atoms with E-state index in [1.165, 1.54) is 17.4 Å². The van der Waals surface area contributed by atoms with E-state index in [9.17, 15) is 9.18 Å². The average Bonchev–Trinajstić information content (AvgIpc) is 2.96. The van der Waals surface area contributed by atoms with Gasteiger partial charge in [-0.2, -0.15) is 0 Å². The minimum Gasteiger partial charge on any atom is -0.331 e. The number of likely N-dealkylation sites (N-methyl/N-ethyl adjacent to an activating group) is 1. The Balaban J connectivity index is 2.01. The molecule has 2 rings (SSSR count). The van der Waals surface area contributed by atoms with Crippen LogP contribution in [0, 0.1) is 12.7 Å². The van der Waals surface area contributed by atoms with E-state index in [0.717, 1.165) is 10.7 Å². The van der Waals surface area contributed by atoms with Gasteiger partial charge in [0.1, 0.15) is 10.8 Å². The summed E-state index contributed by atoms with van der Waals surface area (Å²) in [5, 5.41) is 5.68. The Morgan fingerprint density at radius 2 is 2.04 bits per heavy atom. The molecule has 130 valence electrons. The molecule has 0 aliphatic carbocycles. The molecule has 0 bridgehead atoms. The lowest BCUT2D eigenvalue weighted by Crippen LogP contribution is -2.42. The van der Waals surface area contributed by atoms with E-state index in [4.69, 9.17) is 0 Å². The molecule has 24 heavy (non-hydrogen) atoms. The zero-order valence-electron chi connectivity index (χ0n) is 14.3. The predicted molar refractivity (Wildman–Crippen MR) is 94.5 cm³/mol. The molecule has 0 fully saturated rings. The number of aryl methyl sites for hydroxylation is 1. The first-order valence-electron chi connectivity index (χ1n) is 7.77. The van der Waals surface area contributed by atoms with Crippen LogP contribution in [0.5, 0.6) is 0 Å². The highest BCUT2D eigenvalue weighted by molar-refractivity contribution is 7.09. The van der Waals surface area contributed by atoms with Crippen molar-refractivity contribution in [3.8, 4) is 0 Å². The molecule has 2 aromatic rings.